The van der Waals surface area contributed by atoms with Gasteiger partial charge in [0.2, 0.25) is 26.6 Å². The van der Waals surface area contributed by atoms with E-state index >= 15 is 0 Å². The maximum atomic E-state index is 14.0. The van der Waals surface area contributed by atoms with Gasteiger partial charge in [0.05, 0.1) is 4.90 Å². The smallest absolute Gasteiger partial charge is 0.236 e. The summed E-state index contributed by atoms with van der Waals surface area (Å²) in [6, 6.07) is 20.0. The van der Waals surface area contributed by atoms with Gasteiger partial charge in [0, 0.05) is 48.5 Å². The molecule has 0 atom stereocenters. The van der Waals surface area contributed by atoms with Gasteiger partial charge in [0.15, 0.2) is 11.5 Å². The lowest BCUT2D eigenvalue weighted by Gasteiger charge is -2.36. The zero-order valence-corrected chi connectivity index (χ0v) is 22.3. The highest BCUT2D eigenvalue weighted by molar-refractivity contribution is 7.91. The largest absolute Gasteiger partial charge is 0.486 e. The first-order valence-corrected chi connectivity index (χ1v) is 14.2. The highest BCUT2D eigenvalue weighted by Crippen LogP contribution is 2.39. The summed E-state index contributed by atoms with van der Waals surface area (Å²) >= 11 is 6.19. The molecule has 2 aliphatic rings. The molecular formula is C28H26ClN3O5S. The van der Waals surface area contributed by atoms with Crippen molar-refractivity contribution < 1.29 is 22.3 Å². The van der Waals surface area contributed by atoms with E-state index in [0.29, 0.717) is 55.9 Å². The Kier molecular flexibility index (Phi) is 6.41. The molecule has 1 fully saturated rings. The summed E-state index contributed by atoms with van der Waals surface area (Å²) in [5.41, 5.74) is 2.71. The molecule has 1 saturated heterocycles. The molecule has 1 aromatic heterocycles. The molecule has 4 aromatic rings. The number of oxazole rings is 1. The SMILES string of the molecule is Cc1ccccc1-c1nc(S(=O)(=O)c2ccc3c(c2)OCCO3)c(N2CCN(c3cccc(Cl)c3)CC2)o1. The van der Waals surface area contributed by atoms with Crippen molar-refractivity contribution in [2.24, 2.45) is 0 Å². The Morgan fingerprint density at radius 2 is 1.58 bits per heavy atom. The van der Waals surface area contributed by atoms with Crippen LogP contribution in [0.5, 0.6) is 11.5 Å². The topological polar surface area (TPSA) is 85.1 Å². The molecule has 196 valence electrons. The van der Waals surface area contributed by atoms with E-state index in [-0.39, 0.29) is 21.7 Å². The van der Waals surface area contributed by atoms with Crippen LogP contribution >= 0.6 is 11.6 Å². The number of hydrogen-bond donors (Lipinski definition) is 0. The van der Waals surface area contributed by atoms with Crippen molar-refractivity contribution in [3.8, 4) is 23.0 Å². The lowest BCUT2D eigenvalue weighted by Crippen LogP contribution is -2.46. The van der Waals surface area contributed by atoms with Crippen molar-refractivity contribution in [3.63, 3.8) is 0 Å². The van der Waals surface area contributed by atoms with Gasteiger partial charge in [0.1, 0.15) is 13.2 Å². The summed E-state index contributed by atoms with van der Waals surface area (Å²) in [7, 11) is -4.04. The molecule has 0 saturated carbocycles. The highest BCUT2D eigenvalue weighted by Gasteiger charge is 2.34. The highest BCUT2D eigenvalue weighted by atomic mass is 35.5. The number of rotatable bonds is 5. The summed E-state index contributed by atoms with van der Waals surface area (Å²) in [6.45, 7) is 5.18. The second kappa shape index (κ2) is 9.89. The van der Waals surface area contributed by atoms with E-state index in [1.165, 1.54) is 12.1 Å². The van der Waals surface area contributed by atoms with E-state index in [0.717, 1.165) is 16.8 Å². The molecule has 6 rings (SSSR count). The quantitative estimate of drug-likeness (QED) is 0.333. The zero-order valence-electron chi connectivity index (χ0n) is 20.8. The van der Waals surface area contributed by atoms with Crippen LogP contribution in [0.25, 0.3) is 11.5 Å². The van der Waals surface area contributed by atoms with Crippen molar-refractivity contribution in [3.05, 3.63) is 77.3 Å². The predicted molar refractivity (Wildman–Crippen MR) is 145 cm³/mol. The third-order valence-electron chi connectivity index (χ3n) is 6.77. The van der Waals surface area contributed by atoms with Gasteiger partial charge in [-0.15, -0.1) is 0 Å². The minimum atomic E-state index is -4.04. The molecule has 0 unspecified atom stereocenters. The van der Waals surface area contributed by atoms with Crippen LogP contribution < -0.4 is 19.3 Å². The van der Waals surface area contributed by atoms with Gasteiger partial charge in [-0.25, -0.2) is 8.42 Å². The summed E-state index contributed by atoms with van der Waals surface area (Å²) < 4.78 is 45.4. The Balaban J connectivity index is 1.38. The lowest BCUT2D eigenvalue weighted by molar-refractivity contribution is 0.171. The fourth-order valence-corrected chi connectivity index (χ4v) is 6.26. The molecule has 0 spiro atoms. The molecule has 2 aliphatic heterocycles. The maximum absolute atomic E-state index is 14.0. The molecule has 0 N–H and O–H groups in total. The first kappa shape index (κ1) is 24.6. The van der Waals surface area contributed by atoms with E-state index in [1.807, 2.05) is 60.4 Å². The molecule has 8 nitrogen and oxygen atoms in total. The third kappa shape index (κ3) is 4.56. The van der Waals surface area contributed by atoms with Gasteiger partial charge in [-0.2, -0.15) is 4.98 Å². The molecule has 38 heavy (non-hydrogen) atoms. The van der Waals surface area contributed by atoms with Crippen LogP contribution in [0.1, 0.15) is 5.56 Å². The predicted octanol–water partition coefficient (Wildman–Crippen LogP) is 5.23. The second-order valence-electron chi connectivity index (χ2n) is 9.21. The van der Waals surface area contributed by atoms with E-state index in [4.69, 9.17) is 25.5 Å². The van der Waals surface area contributed by atoms with Gasteiger partial charge in [-0.3, -0.25) is 0 Å². The molecule has 0 bridgehead atoms. The number of ether oxygens (including phenoxy) is 2. The number of anilines is 2. The minimum absolute atomic E-state index is 0.0743. The van der Waals surface area contributed by atoms with Gasteiger partial charge in [-0.05, 0) is 48.9 Å². The van der Waals surface area contributed by atoms with Crippen LogP contribution in [-0.2, 0) is 9.84 Å². The number of sulfone groups is 1. The standard InChI is InChI=1S/C28H26ClN3O5S/c1-19-5-2-3-8-23(19)26-30-27(38(33,34)22-9-10-24-25(18-22)36-16-15-35-24)28(37-26)32-13-11-31(12-14-32)21-7-4-6-20(29)17-21/h2-10,17-18H,11-16H2,1H3. The normalized spacial score (nSPS) is 15.5. The summed E-state index contributed by atoms with van der Waals surface area (Å²) in [6.07, 6.45) is 0. The van der Waals surface area contributed by atoms with E-state index < -0.39 is 9.84 Å². The number of hydrogen-bond acceptors (Lipinski definition) is 8. The Morgan fingerprint density at radius 1 is 0.842 bits per heavy atom. The summed E-state index contributed by atoms with van der Waals surface area (Å²) in [4.78, 5) is 8.80. The van der Waals surface area contributed by atoms with Gasteiger partial charge >= 0.3 is 0 Å². The van der Waals surface area contributed by atoms with Crippen LogP contribution in [-0.4, -0.2) is 52.8 Å². The van der Waals surface area contributed by atoms with E-state index in [1.54, 1.807) is 6.07 Å². The first-order chi connectivity index (χ1) is 18.4. The number of piperazine rings is 1. The van der Waals surface area contributed by atoms with Crippen LogP contribution in [0, 0.1) is 6.92 Å². The average molecular weight is 552 g/mol. The van der Waals surface area contributed by atoms with E-state index in [2.05, 4.69) is 9.88 Å². The number of fused-ring (bicyclic) bond motifs is 1. The van der Waals surface area contributed by atoms with Gasteiger partial charge in [0.25, 0.3) is 0 Å². The number of aryl methyl sites for hydroxylation is 1. The van der Waals surface area contributed by atoms with E-state index in [9.17, 15) is 8.42 Å². The number of halogens is 1. The fraction of sp³-hybridized carbons (Fsp3) is 0.250. The number of nitrogens with zero attached hydrogens (tertiary/aromatic N) is 3. The molecule has 0 amide bonds. The average Bonchev–Trinajstić information content (AvgIpc) is 3.39. The van der Waals surface area contributed by atoms with Crippen molar-refractivity contribution in [2.75, 3.05) is 49.2 Å². The number of benzene rings is 3. The van der Waals surface area contributed by atoms with Crippen LogP contribution in [0.15, 0.2) is 81.1 Å². The zero-order chi connectivity index (χ0) is 26.3. The van der Waals surface area contributed by atoms with Crippen LogP contribution in [0.4, 0.5) is 11.6 Å². The molecular weight excluding hydrogens is 526 g/mol. The van der Waals surface area contributed by atoms with Crippen molar-refractivity contribution in [1.29, 1.82) is 0 Å². The van der Waals surface area contributed by atoms with Crippen LogP contribution in [0.3, 0.4) is 0 Å². The maximum Gasteiger partial charge on any atom is 0.236 e. The summed E-state index contributed by atoms with van der Waals surface area (Å²) in [5, 5.41) is 0.569. The molecule has 3 aromatic carbocycles. The lowest BCUT2D eigenvalue weighted by atomic mass is 10.1. The first-order valence-electron chi connectivity index (χ1n) is 12.4. The molecule has 0 radical (unpaired) electrons. The molecule has 0 aliphatic carbocycles. The third-order valence-corrected chi connectivity index (χ3v) is 8.66. The second-order valence-corrected chi connectivity index (χ2v) is 11.5. The van der Waals surface area contributed by atoms with Crippen molar-refractivity contribution in [1.82, 2.24) is 4.98 Å². The molecule has 3 heterocycles. The fourth-order valence-electron chi connectivity index (χ4n) is 4.74. The Morgan fingerprint density at radius 3 is 2.34 bits per heavy atom. The summed E-state index contributed by atoms with van der Waals surface area (Å²) in [5.74, 6) is 1.43. The Hall–Kier alpha value is -3.69. The Labute approximate surface area is 226 Å². The monoisotopic (exact) mass is 551 g/mol. The minimum Gasteiger partial charge on any atom is -0.486 e. The van der Waals surface area contributed by atoms with Crippen molar-refractivity contribution in [2.45, 2.75) is 16.8 Å². The van der Waals surface area contributed by atoms with Gasteiger partial charge < -0.3 is 23.7 Å². The van der Waals surface area contributed by atoms with Crippen LogP contribution in [0.2, 0.25) is 5.02 Å². The number of aromatic nitrogens is 1. The molecule has 10 heteroatoms. The Bertz CT molecular complexity index is 1600. The van der Waals surface area contributed by atoms with Crippen molar-refractivity contribution >= 4 is 33.0 Å². The van der Waals surface area contributed by atoms with Gasteiger partial charge in [-0.1, -0.05) is 35.9 Å².